The van der Waals surface area contributed by atoms with Crippen LogP contribution in [-0.2, 0) is 9.59 Å². The second kappa shape index (κ2) is 4.87. The smallest absolute Gasteiger partial charge is 0.323 e. The molecule has 0 unspecified atom stereocenters. The van der Waals surface area contributed by atoms with Gasteiger partial charge in [0.25, 0.3) is 0 Å². The van der Waals surface area contributed by atoms with Crippen molar-refractivity contribution in [3.05, 3.63) is 0 Å². The molecule has 0 bridgehead atoms. The van der Waals surface area contributed by atoms with Gasteiger partial charge in [0, 0.05) is 22.5 Å². The van der Waals surface area contributed by atoms with Gasteiger partial charge >= 0.3 is 5.97 Å². The van der Waals surface area contributed by atoms with Gasteiger partial charge in [-0.25, -0.2) is 0 Å². The van der Waals surface area contributed by atoms with Crippen LogP contribution in [0.4, 0.5) is 0 Å². The number of hydrogen-bond donors (Lipinski definition) is 3. The highest BCUT2D eigenvalue weighted by atomic mass is 32.1. The zero-order chi connectivity index (χ0) is 12.5. The van der Waals surface area contributed by atoms with Crippen molar-refractivity contribution in [2.24, 2.45) is 5.92 Å². The van der Waals surface area contributed by atoms with E-state index in [4.69, 9.17) is 5.11 Å². The average Bonchev–Trinajstić information content (AvgIpc) is 2.42. The van der Waals surface area contributed by atoms with Crippen LogP contribution < -0.4 is 0 Å². The molecule has 0 radical (unpaired) electrons. The van der Waals surface area contributed by atoms with Gasteiger partial charge in [-0.05, 0) is 20.3 Å². The largest absolute Gasteiger partial charge is 0.480 e. The predicted octanol–water partition coefficient (Wildman–Crippen LogP) is 0.926. The molecule has 0 aromatic carbocycles. The Morgan fingerprint density at radius 1 is 1.62 bits per heavy atom. The first-order valence-corrected chi connectivity index (χ1v) is 6.21. The number of hydrogen-bond acceptors (Lipinski definition) is 4. The Morgan fingerprint density at radius 3 is 2.56 bits per heavy atom. The fraction of sp³-hybridized carbons (Fsp3) is 0.800. The Kier molecular flexibility index (Phi) is 4.17. The lowest BCUT2D eigenvalue weighted by Crippen LogP contribution is -2.46. The van der Waals surface area contributed by atoms with Crippen LogP contribution in [-0.4, -0.2) is 45.0 Å². The van der Waals surface area contributed by atoms with Crippen LogP contribution in [0.25, 0.3) is 0 Å². The standard InChI is InChI=1S/C10H17NO3S2/c1-10(2,16)7-3-6(5-15)9(14)11(7)4-8(12)13/h6-7,15-16H,3-5H2,1-2H3,(H,12,13)/t6-,7+/m1/s1. The molecule has 0 aromatic rings. The van der Waals surface area contributed by atoms with E-state index >= 15 is 0 Å². The van der Waals surface area contributed by atoms with Gasteiger partial charge in [-0.3, -0.25) is 9.59 Å². The number of carboxylic acid groups (broad SMARTS) is 1. The van der Waals surface area contributed by atoms with E-state index in [1.54, 1.807) is 0 Å². The Hall–Kier alpha value is -0.360. The summed E-state index contributed by atoms with van der Waals surface area (Å²) >= 11 is 8.56. The lowest BCUT2D eigenvalue weighted by atomic mass is 9.97. The summed E-state index contributed by atoms with van der Waals surface area (Å²) in [5, 5.41) is 8.80. The molecule has 1 N–H and O–H groups in total. The number of aliphatic carboxylic acids is 1. The molecule has 1 aliphatic rings. The Balaban J connectivity index is 2.90. The Bertz CT molecular complexity index is 301. The number of nitrogens with zero attached hydrogens (tertiary/aromatic N) is 1. The molecular formula is C10H17NO3S2. The lowest BCUT2D eigenvalue weighted by Gasteiger charge is -2.33. The molecule has 16 heavy (non-hydrogen) atoms. The number of carbonyl (C=O) groups is 2. The van der Waals surface area contributed by atoms with Crippen LogP contribution in [0, 0.1) is 5.92 Å². The lowest BCUT2D eigenvalue weighted by molar-refractivity contribution is -0.144. The molecule has 0 spiro atoms. The maximum absolute atomic E-state index is 11.9. The minimum atomic E-state index is -0.990. The van der Waals surface area contributed by atoms with Crippen LogP contribution in [0.5, 0.6) is 0 Å². The number of carbonyl (C=O) groups excluding carboxylic acids is 1. The molecule has 1 rings (SSSR count). The van der Waals surface area contributed by atoms with E-state index in [0.717, 1.165) is 0 Å². The normalized spacial score (nSPS) is 26.2. The molecule has 6 heteroatoms. The van der Waals surface area contributed by atoms with Crippen LogP contribution in [0.2, 0.25) is 0 Å². The van der Waals surface area contributed by atoms with Crippen molar-refractivity contribution in [1.82, 2.24) is 4.90 Å². The minimum absolute atomic E-state index is 0.121. The summed E-state index contributed by atoms with van der Waals surface area (Å²) < 4.78 is -0.400. The van der Waals surface area contributed by atoms with E-state index in [2.05, 4.69) is 25.3 Å². The van der Waals surface area contributed by atoms with E-state index in [9.17, 15) is 9.59 Å². The van der Waals surface area contributed by atoms with Crippen molar-refractivity contribution in [3.8, 4) is 0 Å². The summed E-state index contributed by atoms with van der Waals surface area (Å²) in [7, 11) is 0. The van der Waals surface area contributed by atoms with Gasteiger partial charge in [-0.2, -0.15) is 25.3 Å². The van der Waals surface area contributed by atoms with Crippen molar-refractivity contribution in [1.29, 1.82) is 0 Å². The zero-order valence-corrected chi connectivity index (χ0v) is 11.2. The zero-order valence-electron chi connectivity index (χ0n) is 9.38. The van der Waals surface area contributed by atoms with E-state index < -0.39 is 10.7 Å². The quantitative estimate of drug-likeness (QED) is 0.661. The summed E-state index contributed by atoms with van der Waals surface area (Å²) in [4.78, 5) is 24.1. The molecule has 92 valence electrons. The number of rotatable bonds is 4. The second-order valence-electron chi connectivity index (χ2n) is 4.64. The molecule has 0 aromatic heterocycles. The van der Waals surface area contributed by atoms with Crippen molar-refractivity contribution in [2.45, 2.75) is 31.1 Å². The SMILES string of the molecule is CC(C)(S)[C@@H]1C[C@H](CS)C(=O)N1CC(=O)O. The van der Waals surface area contributed by atoms with Crippen LogP contribution >= 0.6 is 25.3 Å². The van der Waals surface area contributed by atoms with Crippen molar-refractivity contribution in [2.75, 3.05) is 12.3 Å². The number of thiol groups is 2. The van der Waals surface area contributed by atoms with Crippen molar-refractivity contribution < 1.29 is 14.7 Å². The van der Waals surface area contributed by atoms with Gasteiger partial charge < -0.3 is 10.0 Å². The fourth-order valence-electron chi connectivity index (χ4n) is 2.04. The van der Waals surface area contributed by atoms with E-state index in [1.807, 2.05) is 13.8 Å². The molecular weight excluding hydrogens is 246 g/mol. The molecule has 1 heterocycles. The Morgan fingerprint density at radius 2 is 2.19 bits per heavy atom. The van der Waals surface area contributed by atoms with Crippen LogP contribution in [0.15, 0.2) is 0 Å². The maximum Gasteiger partial charge on any atom is 0.323 e. The van der Waals surface area contributed by atoms with Crippen LogP contribution in [0.3, 0.4) is 0 Å². The highest BCUT2D eigenvalue weighted by Gasteiger charge is 2.45. The van der Waals surface area contributed by atoms with Gasteiger partial charge in [0.2, 0.25) is 5.91 Å². The summed E-state index contributed by atoms with van der Waals surface area (Å²) in [6.07, 6.45) is 0.631. The van der Waals surface area contributed by atoms with Gasteiger partial charge in [0.15, 0.2) is 0 Å². The van der Waals surface area contributed by atoms with Gasteiger partial charge in [0.05, 0.1) is 0 Å². The molecule has 4 nitrogen and oxygen atoms in total. The average molecular weight is 263 g/mol. The number of likely N-dealkylation sites (tertiary alicyclic amines) is 1. The summed E-state index contributed by atoms with van der Waals surface area (Å²) in [6, 6.07) is -0.142. The molecule has 0 saturated carbocycles. The molecule has 2 atom stereocenters. The van der Waals surface area contributed by atoms with Gasteiger partial charge in [0.1, 0.15) is 6.54 Å². The molecule has 1 aliphatic heterocycles. The van der Waals surface area contributed by atoms with Crippen molar-refractivity contribution >= 4 is 37.1 Å². The maximum atomic E-state index is 11.9. The van der Waals surface area contributed by atoms with Gasteiger partial charge in [-0.1, -0.05) is 0 Å². The highest BCUT2D eigenvalue weighted by molar-refractivity contribution is 7.81. The first-order chi connectivity index (χ1) is 7.27. The summed E-state index contributed by atoms with van der Waals surface area (Å²) in [5.74, 6) is -0.839. The molecule has 0 aliphatic carbocycles. The molecule has 1 fully saturated rings. The summed E-state index contributed by atoms with van der Waals surface area (Å²) in [6.45, 7) is 3.53. The number of carboxylic acids is 1. The minimum Gasteiger partial charge on any atom is -0.480 e. The summed E-state index contributed by atoms with van der Waals surface area (Å²) in [5.41, 5.74) is 0. The van der Waals surface area contributed by atoms with E-state index in [1.165, 1.54) is 4.90 Å². The van der Waals surface area contributed by atoms with E-state index in [-0.39, 0.29) is 24.4 Å². The van der Waals surface area contributed by atoms with Crippen LogP contribution in [0.1, 0.15) is 20.3 Å². The fourth-order valence-corrected chi connectivity index (χ4v) is 2.59. The van der Waals surface area contributed by atoms with Crippen molar-refractivity contribution in [3.63, 3.8) is 0 Å². The second-order valence-corrected chi connectivity index (χ2v) is 6.16. The molecule has 1 amide bonds. The van der Waals surface area contributed by atoms with E-state index in [0.29, 0.717) is 12.2 Å². The predicted molar refractivity (Wildman–Crippen MR) is 68.2 cm³/mol. The third kappa shape index (κ3) is 2.85. The Labute approximate surface area is 106 Å². The first kappa shape index (κ1) is 13.7. The third-order valence-electron chi connectivity index (χ3n) is 2.86. The monoisotopic (exact) mass is 263 g/mol. The number of amides is 1. The molecule has 1 saturated heterocycles. The first-order valence-electron chi connectivity index (χ1n) is 5.13. The topological polar surface area (TPSA) is 57.6 Å². The highest BCUT2D eigenvalue weighted by Crippen LogP contribution is 2.35. The van der Waals surface area contributed by atoms with Gasteiger partial charge in [-0.15, -0.1) is 0 Å². The third-order valence-corrected chi connectivity index (χ3v) is 3.60.